The van der Waals surface area contributed by atoms with Crippen molar-refractivity contribution in [3.8, 4) is 0 Å². The lowest BCUT2D eigenvalue weighted by atomic mass is 9.84. The van der Waals surface area contributed by atoms with Crippen LogP contribution in [-0.2, 0) is 11.4 Å². The van der Waals surface area contributed by atoms with E-state index in [-0.39, 0.29) is 18.5 Å². The van der Waals surface area contributed by atoms with Gasteiger partial charge >= 0.3 is 0 Å². The second-order valence-corrected chi connectivity index (χ2v) is 6.37. The van der Waals surface area contributed by atoms with E-state index in [1.54, 1.807) is 12.1 Å². The van der Waals surface area contributed by atoms with Gasteiger partial charge in [0.05, 0.1) is 11.7 Å². The highest BCUT2D eigenvalue weighted by Gasteiger charge is 2.32. The van der Waals surface area contributed by atoms with E-state index in [0.717, 1.165) is 42.6 Å². The third-order valence-corrected chi connectivity index (χ3v) is 4.90. The Labute approximate surface area is 141 Å². The molecule has 0 spiro atoms. The van der Waals surface area contributed by atoms with Crippen molar-refractivity contribution in [3.63, 3.8) is 0 Å². The normalized spacial score (nSPS) is 19.9. The molecule has 1 atom stereocenters. The van der Waals surface area contributed by atoms with Crippen molar-refractivity contribution in [2.24, 2.45) is 5.73 Å². The fraction of sp³-hybridized carbons (Fsp3) is 0.300. The first kappa shape index (κ1) is 15.4. The van der Waals surface area contributed by atoms with Crippen LogP contribution in [0.4, 0.5) is 10.1 Å². The first-order valence-corrected chi connectivity index (χ1v) is 8.48. The van der Waals surface area contributed by atoms with E-state index in [4.69, 9.17) is 10.6 Å². The van der Waals surface area contributed by atoms with Gasteiger partial charge in [0.2, 0.25) is 0 Å². The van der Waals surface area contributed by atoms with Gasteiger partial charge in [-0.25, -0.2) is 9.45 Å². The van der Waals surface area contributed by atoms with Crippen LogP contribution in [-0.4, -0.2) is 0 Å². The molecule has 3 nitrogen and oxygen atoms in total. The maximum Gasteiger partial charge on any atom is 0.128 e. The highest BCUT2D eigenvalue weighted by atomic mass is 19.1. The average Bonchev–Trinajstić information content (AvgIpc) is 2.63. The van der Waals surface area contributed by atoms with E-state index < -0.39 is 0 Å². The summed E-state index contributed by atoms with van der Waals surface area (Å²) in [4.78, 5) is 6.07. The molecule has 0 radical (unpaired) electrons. The number of para-hydroxylation sites is 1. The molecule has 2 aliphatic rings. The number of hydrogen-bond acceptors (Lipinski definition) is 3. The van der Waals surface area contributed by atoms with Crippen molar-refractivity contribution in [1.29, 1.82) is 0 Å². The molecule has 2 aromatic carbocycles. The van der Waals surface area contributed by atoms with Crippen molar-refractivity contribution < 1.29 is 9.23 Å². The van der Waals surface area contributed by atoms with Gasteiger partial charge in [0.1, 0.15) is 12.4 Å². The number of anilines is 1. The molecule has 124 valence electrons. The number of fused-ring (bicyclic) bond motifs is 1. The van der Waals surface area contributed by atoms with Crippen LogP contribution in [0.3, 0.4) is 0 Å². The largest absolute Gasteiger partial charge is 0.320 e. The van der Waals surface area contributed by atoms with Crippen LogP contribution < -0.4 is 10.8 Å². The molecule has 4 heteroatoms. The van der Waals surface area contributed by atoms with Crippen LogP contribution in [0.2, 0.25) is 0 Å². The van der Waals surface area contributed by atoms with Crippen LogP contribution in [0.1, 0.15) is 42.9 Å². The maximum atomic E-state index is 13.9. The number of hydroxylamine groups is 1. The lowest BCUT2D eigenvalue weighted by molar-refractivity contribution is 0.103. The van der Waals surface area contributed by atoms with Crippen LogP contribution in [0.15, 0.2) is 59.8 Å². The van der Waals surface area contributed by atoms with Gasteiger partial charge in [-0.1, -0.05) is 36.4 Å². The molecule has 0 saturated heterocycles. The number of rotatable bonds is 3. The third-order valence-electron chi connectivity index (χ3n) is 4.90. The molecule has 1 unspecified atom stereocenters. The van der Waals surface area contributed by atoms with Gasteiger partial charge in [0, 0.05) is 11.3 Å². The predicted octanol–water partition coefficient (Wildman–Crippen LogP) is 4.61. The maximum absolute atomic E-state index is 13.9. The number of nitrogens with zero attached hydrogens (tertiary/aromatic N) is 1. The summed E-state index contributed by atoms with van der Waals surface area (Å²) in [6, 6.07) is 14.7. The van der Waals surface area contributed by atoms with Crippen molar-refractivity contribution in [1.82, 2.24) is 0 Å². The molecule has 0 bridgehead atoms. The SMILES string of the molecule is NC1C2=C(CCCC2)N(OCc2ccccc2F)c2ccccc21. The van der Waals surface area contributed by atoms with Gasteiger partial charge in [-0.3, -0.25) is 4.84 Å². The van der Waals surface area contributed by atoms with Crippen LogP contribution in [0, 0.1) is 5.82 Å². The molecule has 0 fully saturated rings. The summed E-state index contributed by atoms with van der Waals surface area (Å²) in [7, 11) is 0. The van der Waals surface area contributed by atoms with Crippen molar-refractivity contribution in [3.05, 3.63) is 76.7 Å². The third kappa shape index (κ3) is 2.62. The molecule has 0 saturated carbocycles. The molecule has 1 aliphatic heterocycles. The zero-order valence-corrected chi connectivity index (χ0v) is 13.5. The molecule has 2 N–H and O–H groups in total. The van der Waals surface area contributed by atoms with Gasteiger partial charge in [-0.2, -0.15) is 0 Å². The predicted molar refractivity (Wildman–Crippen MR) is 92.5 cm³/mol. The van der Waals surface area contributed by atoms with E-state index in [0.29, 0.717) is 5.56 Å². The highest BCUT2D eigenvalue weighted by molar-refractivity contribution is 5.63. The Morgan fingerprint density at radius 1 is 1.04 bits per heavy atom. The second-order valence-electron chi connectivity index (χ2n) is 6.37. The standard InChI is InChI=1S/C20H21FN2O/c21-17-10-4-1-7-14(17)13-24-23-18-11-5-2-8-15(18)20(22)16-9-3-6-12-19(16)23/h1-2,4-5,7-8,10-11,20H,3,6,9,12-13,22H2. The molecule has 1 aliphatic carbocycles. The molecule has 0 amide bonds. The fourth-order valence-corrected chi connectivity index (χ4v) is 3.65. The van der Waals surface area contributed by atoms with Gasteiger partial charge in [-0.15, -0.1) is 0 Å². The minimum absolute atomic E-state index is 0.0650. The molecule has 24 heavy (non-hydrogen) atoms. The Bertz CT molecular complexity index is 787. The topological polar surface area (TPSA) is 38.5 Å². The lowest BCUT2D eigenvalue weighted by Gasteiger charge is -2.39. The minimum atomic E-state index is -0.239. The number of benzene rings is 2. The lowest BCUT2D eigenvalue weighted by Crippen LogP contribution is -2.34. The highest BCUT2D eigenvalue weighted by Crippen LogP contribution is 2.44. The first-order valence-electron chi connectivity index (χ1n) is 8.48. The summed E-state index contributed by atoms with van der Waals surface area (Å²) in [5.74, 6) is -0.239. The molecular formula is C20H21FN2O. The van der Waals surface area contributed by atoms with Crippen LogP contribution in [0.5, 0.6) is 0 Å². The molecule has 4 rings (SSSR count). The molecular weight excluding hydrogens is 303 g/mol. The second kappa shape index (κ2) is 6.38. The Morgan fingerprint density at radius 3 is 2.67 bits per heavy atom. The van der Waals surface area contributed by atoms with Gasteiger partial charge in [0.25, 0.3) is 0 Å². The summed E-state index contributed by atoms with van der Waals surface area (Å²) in [5, 5.41) is 1.89. The Kier molecular flexibility index (Phi) is 4.08. The Morgan fingerprint density at radius 2 is 1.79 bits per heavy atom. The van der Waals surface area contributed by atoms with E-state index in [2.05, 4.69) is 6.07 Å². The number of hydrogen-bond donors (Lipinski definition) is 1. The summed E-state index contributed by atoms with van der Waals surface area (Å²) in [6.07, 6.45) is 4.25. The average molecular weight is 324 g/mol. The molecule has 1 heterocycles. The monoisotopic (exact) mass is 324 g/mol. The van der Waals surface area contributed by atoms with Crippen LogP contribution in [0.25, 0.3) is 0 Å². The smallest absolute Gasteiger partial charge is 0.128 e. The van der Waals surface area contributed by atoms with Gasteiger partial charge in [-0.05, 0) is 49.0 Å². The van der Waals surface area contributed by atoms with Crippen molar-refractivity contribution >= 4 is 5.69 Å². The summed E-state index contributed by atoms with van der Waals surface area (Å²) in [5.41, 5.74) is 11.5. The van der Waals surface area contributed by atoms with E-state index in [1.807, 2.05) is 29.3 Å². The molecule has 2 aromatic rings. The van der Waals surface area contributed by atoms with E-state index in [9.17, 15) is 4.39 Å². The van der Waals surface area contributed by atoms with Gasteiger partial charge < -0.3 is 5.73 Å². The first-order chi connectivity index (χ1) is 11.8. The van der Waals surface area contributed by atoms with Crippen molar-refractivity contribution in [2.75, 3.05) is 5.06 Å². The Hall–Kier alpha value is -2.17. The Balaban J connectivity index is 1.68. The van der Waals surface area contributed by atoms with Crippen molar-refractivity contribution in [2.45, 2.75) is 38.3 Å². The minimum Gasteiger partial charge on any atom is -0.320 e. The summed E-state index contributed by atoms with van der Waals surface area (Å²) >= 11 is 0. The van der Waals surface area contributed by atoms with E-state index in [1.165, 1.54) is 11.6 Å². The summed E-state index contributed by atoms with van der Waals surface area (Å²) in [6.45, 7) is 0.201. The number of halogens is 1. The van der Waals surface area contributed by atoms with Crippen LogP contribution >= 0.6 is 0 Å². The summed E-state index contributed by atoms with van der Waals surface area (Å²) < 4.78 is 13.9. The van der Waals surface area contributed by atoms with Gasteiger partial charge in [0.15, 0.2) is 0 Å². The zero-order chi connectivity index (χ0) is 16.5. The number of nitrogens with two attached hydrogens (primary N) is 1. The number of allylic oxidation sites excluding steroid dienone is 1. The zero-order valence-electron chi connectivity index (χ0n) is 13.5. The van der Waals surface area contributed by atoms with E-state index >= 15 is 0 Å². The molecule has 0 aromatic heterocycles. The quantitative estimate of drug-likeness (QED) is 0.896. The fourth-order valence-electron chi connectivity index (χ4n) is 3.65.